The van der Waals surface area contributed by atoms with E-state index in [1.54, 1.807) is 12.1 Å². The van der Waals surface area contributed by atoms with Crippen molar-refractivity contribution in [1.29, 1.82) is 0 Å². The quantitative estimate of drug-likeness (QED) is 0.891. The van der Waals surface area contributed by atoms with E-state index in [2.05, 4.69) is 11.1 Å². The third-order valence-corrected chi connectivity index (χ3v) is 4.31. The zero-order valence-corrected chi connectivity index (χ0v) is 13.7. The lowest BCUT2D eigenvalue weighted by Crippen LogP contribution is -2.37. The Morgan fingerprint density at radius 3 is 2.77 bits per heavy atom. The molecule has 2 aromatic rings. The van der Waals surface area contributed by atoms with Crippen LogP contribution in [0.1, 0.15) is 12.5 Å². The van der Waals surface area contributed by atoms with Crippen molar-refractivity contribution in [1.82, 2.24) is 0 Å². The maximum Gasteiger partial charge on any atom is 0.121 e. The van der Waals surface area contributed by atoms with E-state index < -0.39 is 5.54 Å². The van der Waals surface area contributed by atoms with Gasteiger partial charge in [-0.15, -0.1) is 0 Å². The fraction of sp³-hybridized carbons (Fsp3) is 0.235. The molecule has 0 amide bonds. The normalized spacial score (nSPS) is 21.5. The molecule has 1 heterocycles. The van der Waals surface area contributed by atoms with E-state index >= 15 is 0 Å². The Kier molecular flexibility index (Phi) is 4.13. The molecule has 1 aliphatic heterocycles. The lowest BCUT2D eigenvalue weighted by Gasteiger charge is -2.30. The first kappa shape index (κ1) is 15.3. The van der Waals surface area contributed by atoms with Crippen LogP contribution in [0.15, 0.2) is 47.5 Å². The van der Waals surface area contributed by atoms with E-state index in [1.807, 2.05) is 31.2 Å². The van der Waals surface area contributed by atoms with E-state index in [-0.39, 0.29) is 0 Å². The minimum absolute atomic E-state index is 0.384. The number of benzene rings is 2. The van der Waals surface area contributed by atoms with E-state index in [1.165, 1.54) is 0 Å². The predicted molar refractivity (Wildman–Crippen MR) is 91.7 cm³/mol. The molecule has 0 saturated heterocycles. The van der Waals surface area contributed by atoms with Crippen LogP contribution in [0.5, 0.6) is 0 Å². The van der Waals surface area contributed by atoms with E-state index in [4.69, 9.17) is 33.7 Å². The van der Waals surface area contributed by atoms with E-state index in [9.17, 15) is 0 Å². The van der Waals surface area contributed by atoms with Crippen LogP contribution < -0.4 is 5.73 Å². The third kappa shape index (κ3) is 2.98. The molecule has 0 radical (unpaired) electrons. The molecule has 0 aliphatic carbocycles. The first-order valence-electron chi connectivity index (χ1n) is 6.96. The zero-order valence-electron chi connectivity index (χ0n) is 12.1. The van der Waals surface area contributed by atoms with E-state index in [0.29, 0.717) is 29.1 Å². The molecule has 114 valence electrons. The van der Waals surface area contributed by atoms with Crippen molar-refractivity contribution < 1.29 is 4.74 Å². The lowest BCUT2D eigenvalue weighted by atomic mass is 9.90. The highest BCUT2D eigenvalue weighted by Crippen LogP contribution is 2.34. The largest absolute Gasteiger partial charge is 0.386 e. The molecule has 2 N–H and O–H groups in total. The number of nitrogens with two attached hydrogens (primary N) is 1. The highest BCUT2D eigenvalue weighted by atomic mass is 35.5. The van der Waals surface area contributed by atoms with Gasteiger partial charge < -0.3 is 10.5 Å². The molecule has 1 atom stereocenters. The summed E-state index contributed by atoms with van der Waals surface area (Å²) >= 11 is 12.4. The standard InChI is InChI=1S/C17H16Cl2N2O/c1-17(10-22-9-16(20)21-17)12-4-2-3-11(7-12)14-8-13(18)5-6-15(14)19/h2-8H,9-10H2,1H3,(H2,20,21). The summed E-state index contributed by atoms with van der Waals surface area (Å²) in [4.78, 5) is 4.57. The van der Waals surface area contributed by atoms with Gasteiger partial charge in [0.15, 0.2) is 0 Å². The molecule has 3 rings (SSSR count). The molecule has 1 aliphatic rings. The van der Waals surface area contributed by atoms with Crippen LogP contribution in [0, 0.1) is 0 Å². The third-order valence-electron chi connectivity index (χ3n) is 3.75. The summed E-state index contributed by atoms with van der Waals surface area (Å²) in [7, 11) is 0. The van der Waals surface area contributed by atoms with Crippen LogP contribution in [-0.4, -0.2) is 19.0 Å². The molecule has 0 aromatic heterocycles. The topological polar surface area (TPSA) is 47.6 Å². The summed E-state index contributed by atoms with van der Waals surface area (Å²) in [6, 6.07) is 13.5. The maximum atomic E-state index is 6.30. The van der Waals surface area contributed by atoms with Crippen LogP contribution in [0.4, 0.5) is 0 Å². The highest BCUT2D eigenvalue weighted by molar-refractivity contribution is 6.35. The minimum atomic E-state index is -0.483. The molecule has 5 heteroatoms. The van der Waals surface area contributed by atoms with Crippen molar-refractivity contribution >= 4 is 29.0 Å². The number of halogens is 2. The molecular weight excluding hydrogens is 319 g/mol. The maximum absolute atomic E-state index is 6.30. The summed E-state index contributed by atoms with van der Waals surface area (Å²) in [5.41, 5.74) is 8.26. The number of amidine groups is 1. The number of ether oxygens (including phenoxy) is 1. The summed E-state index contributed by atoms with van der Waals surface area (Å²) < 4.78 is 5.54. The number of rotatable bonds is 2. The first-order chi connectivity index (χ1) is 10.5. The molecule has 0 fully saturated rings. The van der Waals surface area contributed by atoms with Crippen LogP contribution in [-0.2, 0) is 10.3 Å². The lowest BCUT2D eigenvalue weighted by molar-refractivity contribution is 0.106. The SMILES string of the molecule is CC1(c2cccc(-c3cc(Cl)ccc3Cl)c2)COCC(N)=N1. The molecule has 22 heavy (non-hydrogen) atoms. The molecule has 0 spiro atoms. The summed E-state index contributed by atoms with van der Waals surface area (Å²) in [5, 5.41) is 1.31. The smallest absolute Gasteiger partial charge is 0.121 e. The highest BCUT2D eigenvalue weighted by Gasteiger charge is 2.30. The van der Waals surface area contributed by atoms with Crippen LogP contribution in [0.3, 0.4) is 0 Å². The number of hydrogen-bond donors (Lipinski definition) is 1. The molecule has 1 unspecified atom stereocenters. The van der Waals surface area contributed by atoms with Gasteiger partial charge in [0.1, 0.15) is 18.0 Å². The van der Waals surface area contributed by atoms with Gasteiger partial charge in [-0.2, -0.15) is 0 Å². The van der Waals surface area contributed by atoms with Gasteiger partial charge in [-0.1, -0.05) is 41.4 Å². The van der Waals surface area contributed by atoms with Crippen molar-refractivity contribution in [3.05, 3.63) is 58.1 Å². The molecule has 3 nitrogen and oxygen atoms in total. The fourth-order valence-electron chi connectivity index (χ4n) is 2.62. The second-order valence-corrected chi connectivity index (χ2v) is 6.42. The molecular formula is C17H16Cl2N2O. The van der Waals surface area contributed by atoms with Gasteiger partial charge in [0.2, 0.25) is 0 Å². The van der Waals surface area contributed by atoms with Crippen LogP contribution in [0.25, 0.3) is 11.1 Å². The molecule has 0 saturated carbocycles. The predicted octanol–water partition coefficient (Wildman–Crippen LogP) is 4.26. The second kappa shape index (κ2) is 5.92. The molecule has 2 aromatic carbocycles. The van der Waals surface area contributed by atoms with Crippen molar-refractivity contribution in [2.75, 3.05) is 13.2 Å². The van der Waals surface area contributed by atoms with Gasteiger partial charge in [-0.05, 0) is 42.3 Å². The summed E-state index contributed by atoms with van der Waals surface area (Å²) in [5.74, 6) is 0.514. The van der Waals surface area contributed by atoms with E-state index in [0.717, 1.165) is 16.7 Å². The van der Waals surface area contributed by atoms with Gasteiger partial charge in [-0.3, -0.25) is 4.99 Å². The van der Waals surface area contributed by atoms with Crippen LogP contribution >= 0.6 is 23.2 Å². The van der Waals surface area contributed by atoms with Crippen molar-refractivity contribution in [3.63, 3.8) is 0 Å². The fourth-order valence-corrected chi connectivity index (χ4v) is 3.02. The number of nitrogens with zero attached hydrogens (tertiary/aromatic N) is 1. The summed E-state index contributed by atoms with van der Waals surface area (Å²) in [6.45, 7) is 2.90. The monoisotopic (exact) mass is 334 g/mol. The Morgan fingerprint density at radius 2 is 2.00 bits per heavy atom. The van der Waals surface area contributed by atoms with Gasteiger partial charge in [0.05, 0.1) is 6.61 Å². The Balaban J connectivity index is 2.07. The van der Waals surface area contributed by atoms with Crippen LogP contribution in [0.2, 0.25) is 10.0 Å². The second-order valence-electron chi connectivity index (χ2n) is 5.57. The number of hydrogen-bond acceptors (Lipinski definition) is 3. The average molecular weight is 335 g/mol. The molecule has 0 bridgehead atoms. The Morgan fingerprint density at radius 1 is 1.18 bits per heavy atom. The average Bonchev–Trinajstić information content (AvgIpc) is 2.50. The van der Waals surface area contributed by atoms with Crippen molar-refractivity contribution in [2.45, 2.75) is 12.5 Å². The van der Waals surface area contributed by atoms with Gasteiger partial charge in [-0.25, -0.2) is 0 Å². The summed E-state index contributed by atoms with van der Waals surface area (Å²) in [6.07, 6.45) is 0. The van der Waals surface area contributed by atoms with Gasteiger partial charge >= 0.3 is 0 Å². The van der Waals surface area contributed by atoms with Crippen molar-refractivity contribution in [2.24, 2.45) is 10.7 Å². The number of aliphatic imine (C=N–C) groups is 1. The Bertz CT molecular complexity index is 745. The van der Waals surface area contributed by atoms with Gasteiger partial charge in [0, 0.05) is 15.6 Å². The Hall–Kier alpha value is -1.55. The van der Waals surface area contributed by atoms with Gasteiger partial charge in [0.25, 0.3) is 0 Å². The Labute approximate surface area is 139 Å². The van der Waals surface area contributed by atoms with Crippen molar-refractivity contribution in [3.8, 4) is 11.1 Å². The zero-order chi connectivity index (χ0) is 15.7. The minimum Gasteiger partial charge on any atom is -0.386 e. The first-order valence-corrected chi connectivity index (χ1v) is 7.71.